The van der Waals surface area contributed by atoms with Crippen molar-refractivity contribution in [1.29, 1.82) is 0 Å². The predicted molar refractivity (Wildman–Crippen MR) is 88.0 cm³/mol. The number of aromatic nitrogens is 2. The summed E-state index contributed by atoms with van der Waals surface area (Å²) in [7, 11) is 0. The number of hydrogen-bond donors (Lipinski definition) is 3. The van der Waals surface area contributed by atoms with Gasteiger partial charge in [0.15, 0.2) is 0 Å². The van der Waals surface area contributed by atoms with Crippen molar-refractivity contribution >= 4 is 38.9 Å². The molecule has 0 spiro atoms. The maximum absolute atomic E-state index is 5.50. The highest BCUT2D eigenvalue weighted by Gasteiger charge is 2.09. The molecule has 2 rings (SSSR count). The van der Waals surface area contributed by atoms with Gasteiger partial charge in [0.2, 0.25) is 0 Å². The molecular formula is C13H18BrN5S. The maximum Gasteiger partial charge on any atom is 0.148 e. The van der Waals surface area contributed by atoms with Gasteiger partial charge < -0.3 is 10.7 Å². The number of thiophene rings is 1. The van der Waals surface area contributed by atoms with Crippen molar-refractivity contribution in [1.82, 2.24) is 9.97 Å². The molecule has 0 fully saturated rings. The van der Waals surface area contributed by atoms with E-state index >= 15 is 0 Å². The fourth-order valence-electron chi connectivity index (χ4n) is 1.97. The molecule has 0 aliphatic carbocycles. The van der Waals surface area contributed by atoms with Crippen LogP contribution in [0.2, 0.25) is 0 Å². The summed E-state index contributed by atoms with van der Waals surface area (Å²) in [5.74, 6) is 7.06. The highest BCUT2D eigenvalue weighted by atomic mass is 79.9. The van der Waals surface area contributed by atoms with E-state index in [1.165, 1.54) is 11.2 Å². The minimum absolute atomic E-state index is 0.697. The summed E-state index contributed by atoms with van der Waals surface area (Å²) in [5.41, 5.74) is 3.68. The van der Waals surface area contributed by atoms with Crippen molar-refractivity contribution in [3.63, 3.8) is 0 Å². The number of nitrogens with zero attached hydrogens (tertiary/aromatic N) is 2. The Labute approximate surface area is 131 Å². The maximum atomic E-state index is 5.50. The second kappa shape index (κ2) is 7.56. The van der Waals surface area contributed by atoms with Gasteiger partial charge in [-0.15, -0.1) is 11.3 Å². The lowest BCUT2D eigenvalue weighted by Gasteiger charge is -2.13. The molecule has 2 aromatic heterocycles. The summed E-state index contributed by atoms with van der Waals surface area (Å²) < 4.78 is 1.16. The van der Waals surface area contributed by atoms with E-state index in [0.29, 0.717) is 5.82 Å². The first kappa shape index (κ1) is 15.2. The number of anilines is 2. The van der Waals surface area contributed by atoms with Gasteiger partial charge in [-0.1, -0.05) is 13.3 Å². The van der Waals surface area contributed by atoms with E-state index in [2.05, 4.69) is 55.7 Å². The lowest BCUT2D eigenvalue weighted by atomic mass is 10.1. The number of hydrazine groups is 1. The number of nitrogens with one attached hydrogen (secondary N) is 2. The third-order valence-electron chi connectivity index (χ3n) is 2.87. The van der Waals surface area contributed by atoms with Crippen LogP contribution in [0.25, 0.3) is 0 Å². The molecule has 108 valence electrons. The molecule has 0 radical (unpaired) electrons. The Kier molecular flexibility index (Phi) is 5.75. The highest BCUT2D eigenvalue weighted by molar-refractivity contribution is 9.11. The standard InChI is InChI=1S/C13H18BrN5S/c1-2-3-10-12(17-8-18-13(10)19-15)16-7-6-9-4-5-11(14)20-9/h4-5,8H,2-3,6-7,15H2,1H3,(H2,16,17,18,19). The minimum atomic E-state index is 0.697. The molecule has 5 nitrogen and oxygen atoms in total. The summed E-state index contributed by atoms with van der Waals surface area (Å²) in [4.78, 5) is 9.81. The topological polar surface area (TPSA) is 75.9 Å². The number of hydrogen-bond acceptors (Lipinski definition) is 6. The molecule has 2 heterocycles. The second-order valence-electron chi connectivity index (χ2n) is 4.33. The van der Waals surface area contributed by atoms with Crippen LogP contribution in [0, 0.1) is 0 Å². The minimum Gasteiger partial charge on any atom is -0.369 e. The molecule has 0 amide bonds. The van der Waals surface area contributed by atoms with E-state index in [0.717, 1.165) is 41.0 Å². The molecule has 0 atom stereocenters. The largest absolute Gasteiger partial charge is 0.369 e. The quantitative estimate of drug-likeness (QED) is 0.525. The number of nitrogen functional groups attached to an aromatic ring is 1. The summed E-state index contributed by atoms with van der Waals surface area (Å²) in [5, 5.41) is 3.38. The second-order valence-corrected chi connectivity index (χ2v) is 6.87. The van der Waals surface area contributed by atoms with E-state index in [4.69, 9.17) is 5.84 Å². The van der Waals surface area contributed by atoms with E-state index < -0.39 is 0 Å². The van der Waals surface area contributed by atoms with Crippen LogP contribution in [-0.2, 0) is 12.8 Å². The number of halogens is 1. The summed E-state index contributed by atoms with van der Waals surface area (Å²) >= 11 is 5.23. The fourth-order valence-corrected chi connectivity index (χ4v) is 3.45. The van der Waals surface area contributed by atoms with Crippen LogP contribution < -0.4 is 16.6 Å². The lowest BCUT2D eigenvalue weighted by Crippen LogP contribution is -2.15. The molecule has 0 saturated heterocycles. The van der Waals surface area contributed by atoms with Crippen LogP contribution in [-0.4, -0.2) is 16.5 Å². The van der Waals surface area contributed by atoms with Crippen LogP contribution >= 0.6 is 27.3 Å². The Morgan fingerprint density at radius 3 is 2.70 bits per heavy atom. The average Bonchev–Trinajstić information content (AvgIpc) is 2.86. The predicted octanol–water partition coefficient (Wildman–Crippen LogP) is 3.19. The Hall–Kier alpha value is -1.18. The van der Waals surface area contributed by atoms with Crippen LogP contribution in [0.15, 0.2) is 22.2 Å². The summed E-state index contributed by atoms with van der Waals surface area (Å²) in [6.45, 7) is 2.96. The van der Waals surface area contributed by atoms with Gasteiger partial charge in [0.1, 0.15) is 18.0 Å². The van der Waals surface area contributed by atoms with E-state index in [1.54, 1.807) is 11.3 Å². The Morgan fingerprint density at radius 2 is 2.05 bits per heavy atom. The highest BCUT2D eigenvalue weighted by Crippen LogP contribution is 2.23. The molecular weight excluding hydrogens is 338 g/mol. The Balaban J connectivity index is 2.01. The van der Waals surface area contributed by atoms with Gasteiger partial charge in [0.25, 0.3) is 0 Å². The molecule has 7 heteroatoms. The molecule has 0 bridgehead atoms. The van der Waals surface area contributed by atoms with Gasteiger partial charge in [-0.3, -0.25) is 0 Å². The Morgan fingerprint density at radius 1 is 1.25 bits per heavy atom. The molecule has 0 saturated carbocycles. The average molecular weight is 356 g/mol. The van der Waals surface area contributed by atoms with Gasteiger partial charge in [0.05, 0.1) is 3.79 Å². The molecule has 0 aromatic carbocycles. The van der Waals surface area contributed by atoms with Crippen molar-refractivity contribution in [3.8, 4) is 0 Å². The molecule has 0 aliphatic rings. The van der Waals surface area contributed by atoms with Gasteiger partial charge >= 0.3 is 0 Å². The van der Waals surface area contributed by atoms with Crippen molar-refractivity contribution in [2.75, 3.05) is 17.3 Å². The van der Waals surface area contributed by atoms with Crippen LogP contribution in [0.4, 0.5) is 11.6 Å². The normalized spacial score (nSPS) is 10.6. The molecule has 20 heavy (non-hydrogen) atoms. The first-order valence-corrected chi connectivity index (χ1v) is 8.14. The van der Waals surface area contributed by atoms with Crippen molar-refractivity contribution in [2.45, 2.75) is 26.2 Å². The van der Waals surface area contributed by atoms with Gasteiger partial charge in [-0.05, 0) is 40.9 Å². The smallest absolute Gasteiger partial charge is 0.148 e. The molecule has 0 unspecified atom stereocenters. The van der Waals surface area contributed by atoms with Crippen LogP contribution in [0.5, 0.6) is 0 Å². The monoisotopic (exact) mass is 355 g/mol. The summed E-state index contributed by atoms with van der Waals surface area (Å²) in [6.07, 6.45) is 4.41. The van der Waals surface area contributed by atoms with Crippen LogP contribution in [0.3, 0.4) is 0 Å². The molecule has 0 aliphatic heterocycles. The zero-order valence-electron chi connectivity index (χ0n) is 11.3. The van der Waals surface area contributed by atoms with Crippen molar-refractivity contribution in [2.24, 2.45) is 5.84 Å². The zero-order chi connectivity index (χ0) is 14.4. The van der Waals surface area contributed by atoms with E-state index in [-0.39, 0.29) is 0 Å². The summed E-state index contributed by atoms with van der Waals surface area (Å²) in [6, 6.07) is 4.21. The first-order chi connectivity index (χ1) is 9.74. The Bertz CT molecular complexity index is 557. The lowest BCUT2D eigenvalue weighted by molar-refractivity contribution is 0.894. The SMILES string of the molecule is CCCc1c(NN)ncnc1NCCc1ccc(Br)s1. The van der Waals surface area contributed by atoms with Crippen LogP contribution in [0.1, 0.15) is 23.8 Å². The van der Waals surface area contributed by atoms with Gasteiger partial charge in [-0.25, -0.2) is 15.8 Å². The molecule has 4 N–H and O–H groups in total. The third kappa shape index (κ3) is 3.91. The zero-order valence-corrected chi connectivity index (χ0v) is 13.7. The van der Waals surface area contributed by atoms with Gasteiger partial charge in [-0.2, -0.15) is 0 Å². The van der Waals surface area contributed by atoms with E-state index in [1.807, 2.05) is 0 Å². The number of rotatable bonds is 7. The van der Waals surface area contributed by atoms with Crippen molar-refractivity contribution in [3.05, 3.63) is 32.7 Å². The van der Waals surface area contributed by atoms with E-state index in [9.17, 15) is 0 Å². The van der Waals surface area contributed by atoms with Gasteiger partial charge in [0, 0.05) is 17.0 Å². The number of nitrogens with two attached hydrogens (primary N) is 1. The fraction of sp³-hybridized carbons (Fsp3) is 0.385. The molecule has 2 aromatic rings. The first-order valence-electron chi connectivity index (χ1n) is 6.53. The third-order valence-corrected chi connectivity index (χ3v) is 4.56. The van der Waals surface area contributed by atoms with Crippen molar-refractivity contribution < 1.29 is 0 Å².